The van der Waals surface area contributed by atoms with Crippen LogP contribution in [0.4, 0.5) is 0 Å². The molecule has 0 radical (unpaired) electrons. The number of nitrogens with one attached hydrogen (secondary N) is 1. The molecule has 0 bridgehead atoms. The Morgan fingerprint density at radius 3 is 2.58 bits per heavy atom. The van der Waals surface area contributed by atoms with Gasteiger partial charge in [-0.15, -0.1) is 0 Å². The molecule has 0 fully saturated rings. The van der Waals surface area contributed by atoms with Crippen molar-refractivity contribution in [1.82, 2.24) is 5.32 Å². The maximum Gasteiger partial charge on any atom is 0.223 e. The Hall–Kier alpha value is -2.69. The minimum Gasteiger partial charge on any atom is -0.493 e. The third-order valence-electron chi connectivity index (χ3n) is 4.73. The molecule has 1 amide bonds. The molecule has 2 aromatic carbocycles. The van der Waals surface area contributed by atoms with Crippen LogP contribution in [0, 0.1) is 0 Å². The summed E-state index contributed by atoms with van der Waals surface area (Å²) in [5.74, 6) is 2.60. The topological polar surface area (TPSA) is 56.8 Å². The van der Waals surface area contributed by atoms with E-state index in [-0.39, 0.29) is 5.91 Å². The molecule has 1 aliphatic rings. The molecule has 0 spiro atoms. The molecule has 1 N–H and O–H groups in total. The first-order chi connectivity index (χ1) is 12.7. The second-order valence-corrected chi connectivity index (χ2v) is 6.36. The van der Waals surface area contributed by atoms with Gasteiger partial charge in [-0.3, -0.25) is 4.79 Å². The lowest BCUT2D eigenvalue weighted by atomic mass is 10.0. The normalized spacial score (nSPS) is 15.2. The third-order valence-corrected chi connectivity index (χ3v) is 4.73. The number of ether oxygens (including phenoxy) is 3. The van der Waals surface area contributed by atoms with Crippen molar-refractivity contribution in [2.45, 2.75) is 25.2 Å². The van der Waals surface area contributed by atoms with Crippen LogP contribution >= 0.6 is 0 Å². The molecule has 0 aliphatic heterocycles. The highest BCUT2D eigenvalue weighted by atomic mass is 16.5. The van der Waals surface area contributed by atoms with Gasteiger partial charge in [0.05, 0.1) is 27.2 Å². The predicted octanol–water partition coefficient (Wildman–Crippen LogP) is 3.32. The van der Waals surface area contributed by atoms with Crippen LogP contribution in [0.2, 0.25) is 0 Å². The maximum absolute atomic E-state index is 12.1. The fourth-order valence-corrected chi connectivity index (χ4v) is 3.33. The Morgan fingerprint density at radius 1 is 1.12 bits per heavy atom. The van der Waals surface area contributed by atoms with Gasteiger partial charge in [-0.05, 0) is 48.2 Å². The standard InChI is InChI=1S/C21H25NO4/c1-24-19-12-15-8-9-16(18(15)13-20(19)25-2)14-22-21(23)10-11-26-17-6-4-3-5-7-17/h3-7,12-13,16H,8-11,14H2,1-2H3,(H,22,23). The van der Waals surface area contributed by atoms with Crippen molar-refractivity contribution in [2.24, 2.45) is 0 Å². The number of methoxy groups -OCH3 is 2. The third kappa shape index (κ3) is 4.28. The first-order valence-electron chi connectivity index (χ1n) is 8.90. The van der Waals surface area contributed by atoms with Gasteiger partial charge in [0.2, 0.25) is 5.91 Å². The molecule has 5 heteroatoms. The van der Waals surface area contributed by atoms with Gasteiger partial charge in [0.15, 0.2) is 11.5 Å². The van der Waals surface area contributed by atoms with Crippen LogP contribution < -0.4 is 19.5 Å². The van der Waals surface area contributed by atoms with Crippen molar-refractivity contribution in [3.05, 3.63) is 53.6 Å². The number of amides is 1. The summed E-state index contributed by atoms with van der Waals surface area (Å²) in [6.45, 7) is 1.01. The Morgan fingerprint density at radius 2 is 1.85 bits per heavy atom. The first kappa shape index (κ1) is 18.1. The average Bonchev–Trinajstić information content (AvgIpc) is 3.08. The van der Waals surface area contributed by atoms with E-state index in [4.69, 9.17) is 14.2 Å². The molecule has 3 rings (SSSR count). The second kappa shape index (κ2) is 8.61. The number of benzene rings is 2. The molecular weight excluding hydrogens is 330 g/mol. The number of carbonyl (C=O) groups excluding carboxylic acids is 1. The van der Waals surface area contributed by atoms with Gasteiger partial charge in [-0.1, -0.05) is 18.2 Å². The van der Waals surface area contributed by atoms with E-state index in [1.165, 1.54) is 11.1 Å². The highest BCUT2D eigenvalue weighted by Gasteiger charge is 2.25. The van der Waals surface area contributed by atoms with Gasteiger partial charge in [0, 0.05) is 12.5 Å². The Kier molecular flexibility index (Phi) is 6.00. The predicted molar refractivity (Wildman–Crippen MR) is 100 cm³/mol. The summed E-state index contributed by atoms with van der Waals surface area (Å²) in [5.41, 5.74) is 2.51. The van der Waals surface area contributed by atoms with Crippen molar-refractivity contribution in [2.75, 3.05) is 27.4 Å². The highest BCUT2D eigenvalue weighted by Crippen LogP contribution is 2.40. The second-order valence-electron chi connectivity index (χ2n) is 6.36. The van der Waals surface area contributed by atoms with Crippen LogP contribution in [0.3, 0.4) is 0 Å². The van der Waals surface area contributed by atoms with E-state index in [1.54, 1.807) is 14.2 Å². The monoisotopic (exact) mass is 355 g/mol. The number of fused-ring (bicyclic) bond motifs is 1. The Balaban J connectivity index is 1.49. The summed E-state index contributed by atoms with van der Waals surface area (Å²) in [6, 6.07) is 13.6. The van der Waals surface area contributed by atoms with Crippen molar-refractivity contribution in [3.63, 3.8) is 0 Å². The van der Waals surface area contributed by atoms with Gasteiger partial charge in [-0.2, -0.15) is 0 Å². The molecule has 1 aliphatic carbocycles. The summed E-state index contributed by atoms with van der Waals surface area (Å²) < 4.78 is 16.3. The lowest BCUT2D eigenvalue weighted by Gasteiger charge is -2.15. The molecule has 138 valence electrons. The zero-order valence-electron chi connectivity index (χ0n) is 15.3. The van der Waals surface area contributed by atoms with E-state index >= 15 is 0 Å². The van der Waals surface area contributed by atoms with Crippen molar-refractivity contribution < 1.29 is 19.0 Å². The summed E-state index contributed by atoms with van der Waals surface area (Å²) in [4.78, 5) is 12.1. The quantitative estimate of drug-likeness (QED) is 0.789. The van der Waals surface area contributed by atoms with Gasteiger partial charge >= 0.3 is 0 Å². The SMILES string of the molecule is COc1cc2c(cc1OC)C(CNC(=O)CCOc1ccccc1)CC2. The number of hydrogen-bond acceptors (Lipinski definition) is 4. The van der Waals surface area contributed by atoms with Crippen LogP contribution in [-0.2, 0) is 11.2 Å². The summed E-state index contributed by atoms with van der Waals surface area (Å²) in [5, 5.41) is 3.03. The Bertz CT molecular complexity index is 745. The lowest BCUT2D eigenvalue weighted by Crippen LogP contribution is -2.28. The molecule has 0 saturated carbocycles. The zero-order valence-corrected chi connectivity index (χ0v) is 15.3. The minimum absolute atomic E-state index is 0.00913. The molecule has 1 unspecified atom stereocenters. The van der Waals surface area contributed by atoms with Crippen LogP contribution in [0.25, 0.3) is 0 Å². The lowest BCUT2D eigenvalue weighted by molar-refractivity contribution is -0.121. The van der Waals surface area contributed by atoms with Crippen LogP contribution in [0.5, 0.6) is 17.2 Å². The molecule has 5 nitrogen and oxygen atoms in total. The molecule has 0 aromatic heterocycles. The number of para-hydroxylation sites is 1. The largest absolute Gasteiger partial charge is 0.493 e. The fourth-order valence-electron chi connectivity index (χ4n) is 3.33. The van der Waals surface area contributed by atoms with Gasteiger partial charge < -0.3 is 19.5 Å². The smallest absolute Gasteiger partial charge is 0.223 e. The van der Waals surface area contributed by atoms with Crippen molar-refractivity contribution in [3.8, 4) is 17.2 Å². The number of carbonyl (C=O) groups is 1. The minimum atomic E-state index is 0.00913. The molecule has 26 heavy (non-hydrogen) atoms. The summed E-state index contributed by atoms with van der Waals surface area (Å²) in [6.07, 6.45) is 2.36. The maximum atomic E-state index is 12.1. The number of aryl methyl sites for hydroxylation is 1. The highest BCUT2D eigenvalue weighted by molar-refractivity contribution is 5.76. The van der Waals surface area contributed by atoms with Gasteiger partial charge in [0.25, 0.3) is 0 Å². The fraction of sp³-hybridized carbons (Fsp3) is 0.381. The molecule has 0 saturated heterocycles. The number of hydrogen-bond donors (Lipinski definition) is 1. The molecule has 2 aromatic rings. The Labute approximate surface area is 154 Å². The van der Waals surface area contributed by atoms with E-state index in [1.807, 2.05) is 42.5 Å². The van der Waals surface area contributed by atoms with Crippen molar-refractivity contribution >= 4 is 5.91 Å². The van der Waals surface area contributed by atoms with E-state index in [0.717, 1.165) is 30.1 Å². The van der Waals surface area contributed by atoms with Gasteiger partial charge in [0.1, 0.15) is 5.75 Å². The van der Waals surface area contributed by atoms with E-state index in [0.29, 0.717) is 25.5 Å². The van der Waals surface area contributed by atoms with Crippen LogP contribution in [0.15, 0.2) is 42.5 Å². The molecule has 0 heterocycles. The average molecular weight is 355 g/mol. The van der Waals surface area contributed by atoms with Crippen molar-refractivity contribution in [1.29, 1.82) is 0 Å². The van der Waals surface area contributed by atoms with E-state index in [2.05, 4.69) is 5.32 Å². The van der Waals surface area contributed by atoms with Gasteiger partial charge in [-0.25, -0.2) is 0 Å². The molecule has 1 atom stereocenters. The zero-order chi connectivity index (χ0) is 18.4. The summed E-state index contributed by atoms with van der Waals surface area (Å²) in [7, 11) is 3.29. The first-order valence-corrected chi connectivity index (χ1v) is 8.90. The van der Waals surface area contributed by atoms with E-state index < -0.39 is 0 Å². The number of rotatable bonds is 8. The van der Waals surface area contributed by atoms with Crippen LogP contribution in [-0.4, -0.2) is 33.3 Å². The van der Waals surface area contributed by atoms with E-state index in [9.17, 15) is 4.79 Å². The van der Waals surface area contributed by atoms with Crippen LogP contribution in [0.1, 0.15) is 29.9 Å². The molecular formula is C21H25NO4. The summed E-state index contributed by atoms with van der Waals surface area (Å²) >= 11 is 0.